The quantitative estimate of drug-likeness (QED) is 0.133. The van der Waals surface area contributed by atoms with Gasteiger partial charge in [-0.3, -0.25) is 24.9 Å². The first-order chi connectivity index (χ1) is 69.8. The van der Waals surface area contributed by atoms with Crippen LogP contribution in [-0.4, -0.2) is 43.2 Å². The SMILES string of the molecule is c1cc(-c2ccc3oc4ccc(-n5c6ccncc6c6cnccc65)cc4c3c2)cc(-n2c3ccccc3c3ccccc32)c1.c1cc(-c2cccc(-c3ccc4sc5ccc(-n6c7ccccc7c7ccncc76)cc5c4c3)c2)cc(-c2ccc3oc4ccccc4c3c2)c1.c1ccc(-c2ccc3sc4ccc(-c5ccc6oc7ccc(-n8c9ccncc9c9cnccc98)cc7c6c5)cc4c3c2)cc1. The van der Waals surface area contributed by atoms with Crippen molar-refractivity contribution in [3.8, 4) is 89.5 Å². The van der Waals surface area contributed by atoms with Crippen LogP contribution in [0.5, 0.6) is 0 Å². The number of thiophene rings is 2. The number of furan rings is 3. The van der Waals surface area contributed by atoms with Crippen molar-refractivity contribution in [2.75, 3.05) is 0 Å². The van der Waals surface area contributed by atoms with Gasteiger partial charge in [0.2, 0.25) is 0 Å². The van der Waals surface area contributed by atoms with Crippen LogP contribution in [0.4, 0.5) is 0 Å². The number of hydrogen-bond acceptors (Lipinski definition) is 10. The average molecular weight is 1840 g/mol. The van der Waals surface area contributed by atoms with Gasteiger partial charge in [0.25, 0.3) is 0 Å². The van der Waals surface area contributed by atoms with Gasteiger partial charge < -0.3 is 31.5 Å². The summed E-state index contributed by atoms with van der Waals surface area (Å²) >= 11 is 3.70. The molecule has 0 N–H and O–H groups in total. The molecule has 12 nitrogen and oxygen atoms in total. The monoisotopic (exact) mass is 1840 g/mol. The van der Waals surface area contributed by atoms with Crippen molar-refractivity contribution in [2.24, 2.45) is 0 Å². The molecule has 31 aromatic rings. The molecule has 0 unspecified atom stereocenters. The van der Waals surface area contributed by atoms with Gasteiger partial charge in [0.1, 0.15) is 33.5 Å². The summed E-state index contributed by atoms with van der Waals surface area (Å²) in [4.78, 5) is 22.0. The first-order valence-corrected chi connectivity index (χ1v) is 48.8. The highest BCUT2D eigenvalue weighted by Crippen LogP contribution is 2.47. The van der Waals surface area contributed by atoms with Gasteiger partial charge in [-0.15, -0.1) is 22.7 Å². The first-order valence-electron chi connectivity index (χ1n) is 47.2. The molecule has 17 aromatic carbocycles. The second-order valence-corrected chi connectivity index (χ2v) is 38.4. The summed E-state index contributed by atoms with van der Waals surface area (Å²) in [5, 5.41) is 21.1. The van der Waals surface area contributed by atoms with Gasteiger partial charge in [0.15, 0.2) is 0 Å². The Morgan fingerprint density at radius 2 is 0.411 bits per heavy atom. The number of aromatic nitrogens is 9. The molecule has 0 fully saturated rings. The number of para-hydroxylation sites is 4. The standard InChI is InChI=1S/C47H28N2OS.C40H24N4O.C40H23N3OS/c1-3-13-42-36(11-1)37-21-22-48-28-43(37)49(42)35-17-20-47-41(27-35)40-26-34(16-19-46(40)51-47)32-10-6-8-30(24-32)29-7-5-9-31(23-29)33-15-18-45-39(25-33)38-12-2-4-14-44(38)50-45;1-3-10-35-29(8-1)30-9-2-4-11-36(30)43(35)27-7-5-6-25(20-27)26-12-14-39-31(21-26)32-22-28(13-15-40(32)45-39)44-37-16-18-41-23-33(37)34-24-42-19-17-38(34)44;1-2-4-24(5-3-1)25-7-12-39-31(19-25)32-20-27(8-13-40(32)45-39)26-6-10-37-29(18-26)30-21-28(9-11-38(30)44-37)43-35-14-16-41-22-33(35)34-23-42-17-15-36(34)43/h1-28H;1-24H;1-23H. The summed E-state index contributed by atoms with van der Waals surface area (Å²) < 4.78 is 33.2. The van der Waals surface area contributed by atoms with Gasteiger partial charge in [-0.05, 0) is 273 Å². The molecule has 0 saturated heterocycles. The fraction of sp³-hybridized carbons (Fsp3) is 0. The molecule has 0 spiro atoms. The molecule has 141 heavy (non-hydrogen) atoms. The molecule has 0 aliphatic heterocycles. The summed E-state index contributed by atoms with van der Waals surface area (Å²) in [5.74, 6) is 0. The van der Waals surface area contributed by atoms with Crippen LogP contribution in [0, 0.1) is 0 Å². The lowest BCUT2D eigenvalue weighted by Gasteiger charge is -2.10. The number of rotatable bonds is 10. The van der Waals surface area contributed by atoms with E-state index < -0.39 is 0 Å². The van der Waals surface area contributed by atoms with Crippen molar-refractivity contribution >= 4 is 216 Å². The highest BCUT2D eigenvalue weighted by Gasteiger charge is 2.23. The third-order valence-corrected chi connectivity index (χ3v) is 30.7. The maximum atomic E-state index is 6.34. The van der Waals surface area contributed by atoms with E-state index in [1.165, 1.54) is 134 Å². The van der Waals surface area contributed by atoms with Crippen molar-refractivity contribution in [3.63, 3.8) is 0 Å². The van der Waals surface area contributed by atoms with E-state index in [1.807, 2.05) is 96.8 Å². The maximum Gasteiger partial charge on any atom is 0.135 e. The zero-order valence-corrected chi connectivity index (χ0v) is 77.0. The predicted molar refractivity (Wildman–Crippen MR) is 586 cm³/mol. The minimum atomic E-state index is 0.869. The smallest absolute Gasteiger partial charge is 0.135 e. The zero-order chi connectivity index (χ0) is 92.4. The van der Waals surface area contributed by atoms with Gasteiger partial charge in [-0.2, -0.15) is 0 Å². The minimum Gasteiger partial charge on any atom is -0.456 e. The molecule has 14 heterocycles. The van der Waals surface area contributed by atoms with Crippen LogP contribution in [0.25, 0.3) is 283 Å². The van der Waals surface area contributed by atoms with Crippen LogP contribution in [0.2, 0.25) is 0 Å². The number of nitrogens with zero attached hydrogens (tertiary/aromatic N) is 9. The van der Waals surface area contributed by atoms with Gasteiger partial charge >= 0.3 is 0 Å². The Morgan fingerprint density at radius 3 is 0.851 bits per heavy atom. The van der Waals surface area contributed by atoms with Crippen LogP contribution < -0.4 is 0 Å². The molecule has 0 amide bonds. The summed E-state index contributed by atoms with van der Waals surface area (Å²) in [6, 6.07) is 142. The van der Waals surface area contributed by atoms with E-state index in [1.54, 1.807) is 0 Å². The van der Waals surface area contributed by atoms with Crippen LogP contribution in [0.1, 0.15) is 0 Å². The fourth-order valence-corrected chi connectivity index (χ4v) is 23.9. The molecule has 0 aliphatic rings. The number of pyridine rings is 5. The van der Waals surface area contributed by atoms with E-state index in [4.69, 9.17) is 13.3 Å². The summed E-state index contributed by atoms with van der Waals surface area (Å²) in [7, 11) is 0. The van der Waals surface area contributed by atoms with E-state index in [2.05, 4.69) is 425 Å². The van der Waals surface area contributed by atoms with Gasteiger partial charge in [-0.1, -0.05) is 188 Å². The summed E-state index contributed by atoms with van der Waals surface area (Å²) in [5.41, 5.74) is 33.2. The second kappa shape index (κ2) is 32.1. The van der Waals surface area contributed by atoms with Crippen molar-refractivity contribution in [1.82, 2.24) is 43.2 Å². The molecule has 0 bridgehead atoms. The number of hydrogen-bond donors (Lipinski definition) is 0. The second-order valence-electron chi connectivity index (χ2n) is 36.2. The van der Waals surface area contributed by atoms with Gasteiger partial charge in [-0.25, -0.2) is 0 Å². The van der Waals surface area contributed by atoms with Crippen LogP contribution >= 0.6 is 22.7 Å². The molecule has 0 saturated carbocycles. The highest BCUT2D eigenvalue weighted by atomic mass is 32.1. The van der Waals surface area contributed by atoms with Crippen molar-refractivity contribution < 1.29 is 13.3 Å². The Labute approximate surface area is 812 Å². The Balaban J connectivity index is 0.000000102. The van der Waals surface area contributed by atoms with Crippen molar-refractivity contribution in [1.29, 1.82) is 0 Å². The third kappa shape index (κ3) is 13.1. The lowest BCUT2D eigenvalue weighted by molar-refractivity contribution is 0.668. The first kappa shape index (κ1) is 79.9. The normalized spacial score (nSPS) is 12.0. The molecule has 14 heteroatoms. The Bertz CT molecular complexity index is 10400. The largest absolute Gasteiger partial charge is 0.456 e. The number of fused-ring (bicyclic) bond motifs is 27. The molecule has 658 valence electrons. The van der Waals surface area contributed by atoms with Crippen LogP contribution in [0.3, 0.4) is 0 Å². The lowest BCUT2D eigenvalue weighted by Crippen LogP contribution is -1.94. The molecule has 31 rings (SSSR count). The van der Waals surface area contributed by atoms with Gasteiger partial charge in [0, 0.05) is 194 Å². The Hall–Kier alpha value is -18.5. The molecular weight excluding hydrogens is 1760 g/mol. The van der Waals surface area contributed by atoms with E-state index in [0.29, 0.717) is 0 Å². The molecule has 14 aromatic heterocycles. The van der Waals surface area contributed by atoms with E-state index in [0.717, 1.165) is 149 Å². The predicted octanol–water partition coefficient (Wildman–Crippen LogP) is 34.9. The molecule has 0 aliphatic carbocycles. The van der Waals surface area contributed by atoms with Crippen LogP contribution in [-0.2, 0) is 0 Å². The van der Waals surface area contributed by atoms with E-state index in [9.17, 15) is 0 Å². The Kier molecular flexibility index (Phi) is 18.2. The van der Waals surface area contributed by atoms with Crippen molar-refractivity contribution in [3.05, 3.63) is 456 Å². The molecule has 0 atom stereocenters. The average Bonchev–Trinajstić information content (AvgIpc) is 1.59. The topological polar surface area (TPSA) is 124 Å². The molecule has 0 radical (unpaired) electrons. The maximum absolute atomic E-state index is 6.34. The molecular formula is C127H75N9O3S2. The van der Waals surface area contributed by atoms with E-state index in [-0.39, 0.29) is 0 Å². The minimum absolute atomic E-state index is 0.869. The number of benzene rings is 17. The summed E-state index contributed by atoms with van der Waals surface area (Å²) in [6.07, 6.45) is 18.9. The zero-order valence-electron chi connectivity index (χ0n) is 75.4. The Morgan fingerprint density at radius 1 is 0.149 bits per heavy atom. The fourth-order valence-electron chi connectivity index (χ4n) is 21.8. The van der Waals surface area contributed by atoms with Gasteiger partial charge in [0.05, 0.1) is 50.3 Å². The van der Waals surface area contributed by atoms with Crippen LogP contribution in [0.15, 0.2) is 470 Å². The van der Waals surface area contributed by atoms with Crippen molar-refractivity contribution in [2.45, 2.75) is 0 Å². The third-order valence-electron chi connectivity index (χ3n) is 28.4. The summed E-state index contributed by atoms with van der Waals surface area (Å²) in [6.45, 7) is 0. The lowest BCUT2D eigenvalue weighted by atomic mass is 9.95. The highest BCUT2D eigenvalue weighted by molar-refractivity contribution is 7.26. The van der Waals surface area contributed by atoms with E-state index >= 15 is 0 Å².